The largest absolute Gasteiger partial charge is 0.494 e. The number of nitrogens with one attached hydrogen (secondary N) is 1. The van der Waals surface area contributed by atoms with E-state index in [-0.39, 0.29) is 17.6 Å². The molecule has 1 unspecified atom stereocenters. The highest BCUT2D eigenvalue weighted by Crippen LogP contribution is 2.33. The summed E-state index contributed by atoms with van der Waals surface area (Å²) < 4.78 is 19.6. The molecule has 1 heterocycles. The van der Waals surface area contributed by atoms with Crippen LogP contribution in [0.4, 0.5) is 4.39 Å². The third-order valence-corrected chi connectivity index (χ3v) is 4.48. The molecule has 0 radical (unpaired) electrons. The van der Waals surface area contributed by atoms with Crippen LogP contribution < -0.4 is 10.1 Å². The number of rotatable bonds is 5. The van der Waals surface area contributed by atoms with Gasteiger partial charge in [-0.1, -0.05) is 13.0 Å². The van der Waals surface area contributed by atoms with Crippen LogP contribution in [0.1, 0.15) is 23.4 Å². The third-order valence-electron chi connectivity index (χ3n) is 2.80. The van der Waals surface area contributed by atoms with E-state index in [0.29, 0.717) is 0 Å². The van der Waals surface area contributed by atoms with Gasteiger partial charge in [0.25, 0.3) is 0 Å². The first-order valence-corrected chi connectivity index (χ1v) is 7.58. The molecule has 0 amide bonds. The number of methoxy groups -OCH3 is 1. The lowest BCUT2D eigenvalue weighted by Crippen LogP contribution is -2.21. The van der Waals surface area contributed by atoms with Crippen molar-refractivity contribution in [1.82, 2.24) is 5.32 Å². The van der Waals surface area contributed by atoms with Gasteiger partial charge in [-0.2, -0.15) is 0 Å². The zero-order valence-corrected chi connectivity index (χ0v) is 13.1. The Morgan fingerprint density at radius 3 is 2.74 bits per heavy atom. The summed E-state index contributed by atoms with van der Waals surface area (Å²) in [6, 6.07) is 9.12. The first-order valence-electron chi connectivity index (χ1n) is 5.97. The maximum Gasteiger partial charge on any atom is 0.165 e. The molecule has 0 saturated carbocycles. The zero-order chi connectivity index (χ0) is 13.8. The Morgan fingerprint density at radius 1 is 1.37 bits per heavy atom. The predicted octanol–water partition coefficient (Wildman–Crippen LogP) is 4.36. The van der Waals surface area contributed by atoms with Crippen LogP contribution in [0.5, 0.6) is 5.75 Å². The molecule has 0 aliphatic heterocycles. The minimum Gasteiger partial charge on any atom is -0.494 e. The molecule has 0 bridgehead atoms. The molecular formula is C14H15BrFNOS. The number of halogens is 2. The molecule has 0 saturated heterocycles. The summed E-state index contributed by atoms with van der Waals surface area (Å²) in [5.74, 6) is -0.0649. The Morgan fingerprint density at radius 2 is 2.16 bits per heavy atom. The Bertz CT molecular complexity index is 558. The van der Waals surface area contributed by atoms with Gasteiger partial charge in [-0.05, 0) is 52.3 Å². The van der Waals surface area contributed by atoms with E-state index >= 15 is 0 Å². The van der Waals surface area contributed by atoms with Crippen molar-refractivity contribution in [2.75, 3.05) is 13.7 Å². The summed E-state index contributed by atoms with van der Waals surface area (Å²) in [6.07, 6.45) is 0. The second-order valence-corrected chi connectivity index (χ2v) is 6.52. The van der Waals surface area contributed by atoms with Gasteiger partial charge in [0.2, 0.25) is 0 Å². The maximum absolute atomic E-state index is 13.5. The first-order chi connectivity index (χ1) is 9.15. The lowest BCUT2D eigenvalue weighted by atomic mass is 10.0. The second kappa shape index (κ2) is 6.50. The normalized spacial score (nSPS) is 12.4. The van der Waals surface area contributed by atoms with Crippen LogP contribution in [0, 0.1) is 5.82 Å². The Kier molecular flexibility index (Phi) is 4.96. The van der Waals surface area contributed by atoms with Gasteiger partial charge in [0.1, 0.15) is 0 Å². The number of hydrogen-bond donors (Lipinski definition) is 1. The maximum atomic E-state index is 13.5. The average molecular weight is 344 g/mol. The fraction of sp³-hybridized carbons (Fsp3) is 0.286. The highest BCUT2D eigenvalue weighted by Gasteiger charge is 2.17. The molecule has 102 valence electrons. The van der Waals surface area contributed by atoms with Crippen molar-refractivity contribution in [2.45, 2.75) is 13.0 Å². The van der Waals surface area contributed by atoms with Crippen molar-refractivity contribution in [3.63, 3.8) is 0 Å². The van der Waals surface area contributed by atoms with Crippen molar-refractivity contribution in [3.8, 4) is 5.75 Å². The molecule has 1 aromatic carbocycles. The van der Waals surface area contributed by atoms with Gasteiger partial charge in [-0.25, -0.2) is 4.39 Å². The van der Waals surface area contributed by atoms with Crippen LogP contribution in [-0.4, -0.2) is 13.7 Å². The van der Waals surface area contributed by atoms with Crippen molar-refractivity contribution in [2.24, 2.45) is 0 Å². The Hall–Kier alpha value is -0.910. The zero-order valence-electron chi connectivity index (χ0n) is 10.7. The molecule has 0 aliphatic carbocycles. The van der Waals surface area contributed by atoms with Gasteiger partial charge < -0.3 is 10.1 Å². The minimum atomic E-state index is -0.339. The lowest BCUT2D eigenvalue weighted by Gasteiger charge is -2.17. The van der Waals surface area contributed by atoms with Crippen molar-refractivity contribution in [3.05, 3.63) is 50.4 Å². The minimum absolute atomic E-state index is 0.0517. The van der Waals surface area contributed by atoms with Gasteiger partial charge in [0.15, 0.2) is 11.6 Å². The van der Waals surface area contributed by atoms with Gasteiger partial charge in [0, 0.05) is 4.88 Å². The van der Waals surface area contributed by atoms with Crippen LogP contribution in [0.25, 0.3) is 0 Å². The van der Waals surface area contributed by atoms with E-state index in [1.807, 2.05) is 6.07 Å². The average Bonchev–Trinajstić information content (AvgIpc) is 2.83. The third kappa shape index (κ3) is 3.35. The molecule has 2 nitrogen and oxygen atoms in total. The molecule has 0 spiro atoms. The molecule has 5 heteroatoms. The van der Waals surface area contributed by atoms with Crippen molar-refractivity contribution < 1.29 is 9.13 Å². The van der Waals surface area contributed by atoms with Crippen LogP contribution in [0.15, 0.2) is 34.1 Å². The molecular weight excluding hydrogens is 329 g/mol. The van der Waals surface area contributed by atoms with Crippen LogP contribution in [0.2, 0.25) is 0 Å². The van der Waals surface area contributed by atoms with E-state index in [9.17, 15) is 4.39 Å². The van der Waals surface area contributed by atoms with E-state index in [0.717, 1.165) is 15.9 Å². The summed E-state index contributed by atoms with van der Waals surface area (Å²) in [4.78, 5) is 1.18. The Balaban J connectivity index is 2.38. The monoisotopic (exact) mass is 343 g/mol. The van der Waals surface area contributed by atoms with Crippen LogP contribution >= 0.6 is 27.3 Å². The molecule has 2 aromatic rings. The van der Waals surface area contributed by atoms with Gasteiger partial charge >= 0.3 is 0 Å². The Labute approximate surface area is 124 Å². The van der Waals surface area contributed by atoms with Crippen LogP contribution in [-0.2, 0) is 0 Å². The summed E-state index contributed by atoms with van der Waals surface area (Å²) in [6.45, 7) is 2.89. The second-order valence-electron chi connectivity index (χ2n) is 4.03. The fourth-order valence-corrected chi connectivity index (χ4v) is 3.45. The first kappa shape index (κ1) is 14.5. The number of ether oxygens (including phenoxy) is 1. The van der Waals surface area contributed by atoms with E-state index < -0.39 is 0 Å². The van der Waals surface area contributed by atoms with Gasteiger partial charge in [0.05, 0.1) is 16.9 Å². The summed E-state index contributed by atoms with van der Waals surface area (Å²) >= 11 is 5.14. The standard InChI is InChI=1S/C14H15BrFNOS/c1-3-17-14(12-6-7-13(15)19-12)9-4-5-10(16)11(8-9)18-2/h4-8,14,17H,3H2,1-2H3. The van der Waals surface area contributed by atoms with Gasteiger partial charge in [-0.3, -0.25) is 0 Å². The van der Waals surface area contributed by atoms with E-state index in [4.69, 9.17) is 4.74 Å². The smallest absolute Gasteiger partial charge is 0.165 e. The summed E-state index contributed by atoms with van der Waals surface area (Å²) in [5.41, 5.74) is 0.995. The molecule has 1 aromatic heterocycles. The number of benzene rings is 1. The van der Waals surface area contributed by atoms with Crippen LogP contribution in [0.3, 0.4) is 0 Å². The summed E-state index contributed by atoms with van der Waals surface area (Å²) in [7, 11) is 1.48. The van der Waals surface area contributed by atoms with Gasteiger partial charge in [-0.15, -0.1) is 11.3 Å². The predicted molar refractivity (Wildman–Crippen MR) is 80.5 cm³/mol. The van der Waals surface area contributed by atoms with E-state index in [2.05, 4.69) is 34.2 Å². The molecule has 2 rings (SSSR count). The topological polar surface area (TPSA) is 21.3 Å². The molecule has 1 atom stereocenters. The van der Waals surface area contributed by atoms with Crippen molar-refractivity contribution >= 4 is 27.3 Å². The highest BCUT2D eigenvalue weighted by molar-refractivity contribution is 9.11. The number of hydrogen-bond acceptors (Lipinski definition) is 3. The molecule has 0 aliphatic rings. The molecule has 0 fully saturated rings. The summed E-state index contributed by atoms with van der Waals surface area (Å²) in [5, 5.41) is 3.41. The SMILES string of the molecule is CCNC(c1ccc(F)c(OC)c1)c1ccc(Br)s1. The lowest BCUT2D eigenvalue weighted by molar-refractivity contribution is 0.385. The molecule has 19 heavy (non-hydrogen) atoms. The van der Waals surface area contributed by atoms with E-state index in [1.165, 1.54) is 18.1 Å². The quantitative estimate of drug-likeness (QED) is 0.870. The van der Waals surface area contributed by atoms with Crippen molar-refractivity contribution in [1.29, 1.82) is 0 Å². The number of thiophene rings is 1. The fourth-order valence-electron chi connectivity index (χ4n) is 1.93. The highest BCUT2D eigenvalue weighted by atomic mass is 79.9. The molecule has 1 N–H and O–H groups in total. The van der Waals surface area contributed by atoms with E-state index in [1.54, 1.807) is 23.5 Å².